The number of methoxy groups -OCH3 is 1. The number of hydrogen-bond acceptors (Lipinski definition) is 5. The van der Waals surface area contributed by atoms with Gasteiger partial charge < -0.3 is 14.4 Å². The van der Waals surface area contributed by atoms with E-state index in [1.807, 2.05) is 20.8 Å². The van der Waals surface area contributed by atoms with E-state index in [0.29, 0.717) is 37.8 Å². The van der Waals surface area contributed by atoms with Crippen LogP contribution in [0.1, 0.15) is 33.6 Å². The predicted octanol–water partition coefficient (Wildman–Crippen LogP) is 1.93. The average Bonchev–Trinajstić information content (AvgIpc) is 2.42. The quantitative estimate of drug-likeness (QED) is 0.452. The molecule has 1 heterocycles. The van der Waals surface area contributed by atoms with Crippen LogP contribution in [0.5, 0.6) is 0 Å². The van der Waals surface area contributed by atoms with Gasteiger partial charge in [0.05, 0.1) is 7.11 Å². The summed E-state index contributed by atoms with van der Waals surface area (Å²) in [6.07, 6.45) is 2.70. The molecule has 0 aromatic carbocycles. The van der Waals surface area contributed by atoms with Gasteiger partial charge in [-0.2, -0.15) is 0 Å². The van der Waals surface area contributed by atoms with Gasteiger partial charge >= 0.3 is 12.1 Å². The smallest absolute Gasteiger partial charge is 0.410 e. The molecule has 0 aromatic rings. The van der Waals surface area contributed by atoms with Crippen LogP contribution in [0, 0.1) is 5.92 Å². The number of allylic oxidation sites excluding steroid dienone is 1. The molecule has 6 nitrogen and oxygen atoms in total. The largest absolute Gasteiger partial charge is 0.466 e. The third-order valence-electron chi connectivity index (χ3n) is 3.26. The van der Waals surface area contributed by atoms with Gasteiger partial charge in [0.25, 0.3) is 0 Å². The first-order valence-corrected chi connectivity index (χ1v) is 7.00. The van der Waals surface area contributed by atoms with Crippen molar-refractivity contribution in [2.75, 3.05) is 20.2 Å². The van der Waals surface area contributed by atoms with Gasteiger partial charge in [0.15, 0.2) is 0 Å². The summed E-state index contributed by atoms with van der Waals surface area (Å²) < 4.78 is 10.0. The minimum Gasteiger partial charge on any atom is -0.466 e. The second kappa shape index (κ2) is 7.24. The van der Waals surface area contributed by atoms with E-state index >= 15 is 0 Å². The lowest BCUT2D eigenvalue weighted by molar-refractivity contribution is -0.137. The number of piperidine rings is 1. The molecule has 1 aliphatic heterocycles. The standard InChI is InChI=1S/C15H23NO5/c1-15(2,3)21-14(19)16-8-5-11(6-9-16)12(7-10-17)13(18)20-4/h7,10-11H,5-6,8-9H2,1-4H3/b12-7+. The Kier molecular flexibility index (Phi) is 5.93. The minimum atomic E-state index is -0.525. The Balaban J connectivity index is 2.62. The van der Waals surface area contributed by atoms with Crippen LogP contribution in [0.4, 0.5) is 4.79 Å². The molecule has 118 valence electrons. The van der Waals surface area contributed by atoms with Gasteiger partial charge in [-0.15, -0.1) is 0 Å². The van der Waals surface area contributed by atoms with Crippen LogP contribution < -0.4 is 0 Å². The van der Waals surface area contributed by atoms with Crippen molar-refractivity contribution in [3.05, 3.63) is 11.6 Å². The molecule has 1 aliphatic rings. The predicted molar refractivity (Wildman–Crippen MR) is 76.7 cm³/mol. The van der Waals surface area contributed by atoms with Crippen LogP contribution in [0.25, 0.3) is 0 Å². The van der Waals surface area contributed by atoms with Gasteiger partial charge in [-0.05, 0) is 45.6 Å². The molecule has 0 unspecified atom stereocenters. The third kappa shape index (κ3) is 5.21. The number of esters is 1. The fraction of sp³-hybridized carbons (Fsp3) is 0.667. The molecule has 6 heteroatoms. The van der Waals surface area contributed by atoms with Crippen LogP contribution >= 0.6 is 0 Å². The van der Waals surface area contributed by atoms with E-state index in [1.165, 1.54) is 13.2 Å². The molecule has 0 N–H and O–H groups in total. The Morgan fingerprint density at radius 3 is 2.19 bits per heavy atom. The number of aldehydes is 1. The molecule has 0 atom stereocenters. The van der Waals surface area contributed by atoms with E-state index in [9.17, 15) is 14.4 Å². The normalized spacial score (nSPS) is 17.3. The first kappa shape index (κ1) is 17.2. The summed E-state index contributed by atoms with van der Waals surface area (Å²) in [5, 5.41) is 0. The molecule has 1 fully saturated rings. The molecular formula is C15H23NO5. The molecule has 1 rings (SSSR count). The Bertz CT molecular complexity index is 428. The molecule has 0 spiro atoms. The SMILES string of the molecule is COC(=O)/C(=C/C=O)C1CCN(C(=O)OC(C)(C)C)CC1. The van der Waals surface area contributed by atoms with Crippen molar-refractivity contribution in [3.8, 4) is 0 Å². The van der Waals surface area contributed by atoms with Crippen molar-refractivity contribution < 1.29 is 23.9 Å². The van der Waals surface area contributed by atoms with Gasteiger partial charge in [-0.3, -0.25) is 4.79 Å². The summed E-state index contributed by atoms with van der Waals surface area (Å²) in [6.45, 7) is 6.44. The summed E-state index contributed by atoms with van der Waals surface area (Å²) in [7, 11) is 1.29. The van der Waals surface area contributed by atoms with E-state index in [1.54, 1.807) is 4.90 Å². The molecule has 0 radical (unpaired) electrons. The number of likely N-dealkylation sites (tertiary alicyclic amines) is 1. The maximum Gasteiger partial charge on any atom is 0.410 e. The zero-order valence-corrected chi connectivity index (χ0v) is 13.0. The second-order valence-electron chi connectivity index (χ2n) is 5.99. The van der Waals surface area contributed by atoms with E-state index in [4.69, 9.17) is 4.74 Å². The Morgan fingerprint density at radius 2 is 1.76 bits per heavy atom. The molecule has 21 heavy (non-hydrogen) atoms. The van der Waals surface area contributed by atoms with Crippen molar-refractivity contribution in [1.82, 2.24) is 4.90 Å². The summed E-state index contributed by atoms with van der Waals surface area (Å²) in [5.41, 5.74) is -0.154. The fourth-order valence-corrected chi connectivity index (χ4v) is 2.26. The number of rotatable bonds is 3. The number of carbonyl (C=O) groups is 3. The average molecular weight is 297 g/mol. The highest BCUT2D eigenvalue weighted by atomic mass is 16.6. The number of ether oxygens (including phenoxy) is 2. The van der Waals surface area contributed by atoms with Crippen LogP contribution in [-0.2, 0) is 19.1 Å². The summed E-state index contributed by atoms with van der Waals surface area (Å²) in [4.78, 5) is 35.9. The van der Waals surface area contributed by atoms with Crippen LogP contribution in [0.2, 0.25) is 0 Å². The van der Waals surface area contributed by atoms with Crippen molar-refractivity contribution in [1.29, 1.82) is 0 Å². The zero-order valence-electron chi connectivity index (χ0n) is 13.0. The Hall–Kier alpha value is -1.85. The summed E-state index contributed by atoms with van der Waals surface area (Å²) in [5.74, 6) is -0.556. The van der Waals surface area contributed by atoms with Crippen LogP contribution in [0.3, 0.4) is 0 Å². The number of carbonyl (C=O) groups excluding carboxylic acids is 3. The van der Waals surface area contributed by atoms with E-state index < -0.39 is 11.6 Å². The Morgan fingerprint density at radius 1 is 1.19 bits per heavy atom. The van der Waals surface area contributed by atoms with Gasteiger partial charge in [-0.1, -0.05) is 0 Å². The first-order valence-electron chi connectivity index (χ1n) is 7.00. The van der Waals surface area contributed by atoms with E-state index in [2.05, 4.69) is 4.74 Å². The van der Waals surface area contributed by atoms with E-state index in [-0.39, 0.29) is 12.0 Å². The molecule has 0 saturated carbocycles. The number of amides is 1. The van der Waals surface area contributed by atoms with Crippen LogP contribution in [-0.4, -0.2) is 49.0 Å². The molecule has 0 aliphatic carbocycles. The second-order valence-corrected chi connectivity index (χ2v) is 5.99. The lowest BCUT2D eigenvalue weighted by atomic mass is 9.89. The molecule has 1 amide bonds. The van der Waals surface area contributed by atoms with Gasteiger partial charge in [0, 0.05) is 18.7 Å². The van der Waals surface area contributed by atoms with Crippen molar-refractivity contribution in [2.24, 2.45) is 5.92 Å². The molecule has 0 aromatic heterocycles. The zero-order chi connectivity index (χ0) is 16.0. The molecule has 0 bridgehead atoms. The molecule has 1 saturated heterocycles. The van der Waals surface area contributed by atoms with E-state index in [0.717, 1.165) is 0 Å². The van der Waals surface area contributed by atoms with Crippen molar-refractivity contribution in [2.45, 2.75) is 39.2 Å². The fourth-order valence-electron chi connectivity index (χ4n) is 2.26. The number of nitrogens with zero attached hydrogens (tertiary/aromatic N) is 1. The van der Waals surface area contributed by atoms with Crippen LogP contribution in [0.15, 0.2) is 11.6 Å². The van der Waals surface area contributed by atoms with Gasteiger partial charge in [-0.25, -0.2) is 9.59 Å². The number of hydrogen-bond donors (Lipinski definition) is 0. The van der Waals surface area contributed by atoms with Crippen molar-refractivity contribution >= 4 is 18.3 Å². The maximum atomic E-state index is 11.9. The van der Waals surface area contributed by atoms with Crippen molar-refractivity contribution in [3.63, 3.8) is 0 Å². The highest BCUT2D eigenvalue weighted by Crippen LogP contribution is 2.26. The topological polar surface area (TPSA) is 72.9 Å². The van der Waals surface area contributed by atoms with Gasteiger partial charge in [0.1, 0.15) is 11.9 Å². The summed E-state index contributed by atoms with van der Waals surface area (Å²) in [6, 6.07) is 0. The van der Waals surface area contributed by atoms with Gasteiger partial charge in [0.2, 0.25) is 0 Å². The minimum absolute atomic E-state index is 0.0682. The first-order chi connectivity index (χ1) is 9.78. The Labute approximate surface area is 125 Å². The highest BCUT2D eigenvalue weighted by molar-refractivity contribution is 5.93. The monoisotopic (exact) mass is 297 g/mol. The third-order valence-corrected chi connectivity index (χ3v) is 3.26. The lowest BCUT2D eigenvalue weighted by Crippen LogP contribution is -2.42. The highest BCUT2D eigenvalue weighted by Gasteiger charge is 2.30. The maximum absolute atomic E-state index is 11.9. The lowest BCUT2D eigenvalue weighted by Gasteiger charge is -2.33. The molecular weight excluding hydrogens is 274 g/mol. The summed E-state index contributed by atoms with van der Waals surface area (Å²) >= 11 is 0.